The molecule has 0 aliphatic heterocycles. The second-order valence-corrected chi connectivity index (χ2v) is 6.47. The number of carbonyl (C=O) groups excluding carboxylic acids is 1. The molecule has 1 aromatic carbocycles. The predicted octanol–water partition coefficient (Wildman–Crippen LogP) is 5.16. The topological polar surface area (TPSA) is 56.2 Å². The van der Waals surface area contributed by atoms with Crippen LogP contribution in [0.25, 0.3) is 11.8 Å². The fraction of sp³-hybridized carbons (Fsp3) is 0.294. The summed E-state index contributed by atoms with van der Waals surface area (Å²) in [5, 5.41) is 5.46. The van der Waals surface area contributed by atoms with E-state index < -0.39 is 46.6 Å². The van der Waals surface area contributed by atoms with Gasteiger partial charge >= 0.3 is 12.3 Å². The van der Waals surface area contributed by atoms with Crippen molar-refractivity contribution in [1.82, 2.24) is 9.78 Å². The van der Waals surface area contributed by atoms with Crippen LogP contribution in [0, 0.1) is 11.6 Å². The number of benzene rings is 1. The molecule has 0 radical (unpaired) electrons. The summed E-state index contributed by atoms with van der Waals surface area (Å²) >= 11 is 0. The first-order valence-electron chi connectivity index (χ1n) is 7.60. The second-order valence-electron chi connectivity index (χ2n) is 6.47. The lowest BCUT2D eigenvalue weighted by Gasteiger charge is -2.20. The summed E-state index contributed by atoms with van der Waals surface area (Å²) in [6.07, 6.45) is -4.47. The summed E-state index contributed by atoms with van der Waals surface area (Å²) in [7, 11) is 0. The Hall–Kier alpha value is -2.91. The highest BCUT2D eigenvalue weighted by Crippen LogP contribution is 2.38. The number of ether oxygens (including phenoxy) is 1. The third kappa shape index (κ3) is 4.63. The Kier molecular flexibility index (Phi) is 5.30. The Morgan fingerprint density at radius 1 is 1.26 bits per heavy atom. The molecular formula is C17H16F5N3O2. The smallest absolute Gasteiger partial charge is 0.435 e. The van der Waals surface area contributed by atoms with E-state index in [2.05, 4.69) is 11.7 Å². The van der Waals surface area contributed by atoms with Crippen LogP contribution in [0.1, 0.15) is 32.0 Å². The van der Waals surface area contributed by atoms with Gasteiger partial charge in [0.2, 0.25) is 0 Å². The van der Waals surface area contributed by atoms with E-state index in [4.69, 9.17) is 4.74 Å². The van der Waals surface area contributed by atoms with Crippen molar-refractivity contribution in [3.05, 3.63) is 47.8 Å². The Morgan fingerprint density at radius 3 is 2.41 bits per heavy atom. The zero-order valence-electron chi connectivity index (χ0n) is 14.6. The van der Waals surface area contributed by atoms with Crippen LogP contribution >= 0.6 is 0 Å². The average Bonchev–Trinajstić information content (AvgIpc) is 2.87. The van der Waals surface area contributed by atoms with Crippen molar-refractivity contribution in [3.63, 3.8) is 0 Å². The Bertz CT molecular complexity index is 882. The van der Waals surface area contributed by atoms with Crippen LogP contribution in [0.3, 0.4) is 0 Å². The number of nitrogens with zero attached hydrogens (tertiary/aromatic N) is 2. The van der Waals surface area contributed by atoms with Crippen molar-refractivity contribution >= 4 is 17.9 Å². The van der Waals surface area contributed by atoms with E-state index in [0.717, 1.165) is 12.1 Å². The van der Waals surface area contributed by atoms with Gasteiger partial charge in [0.15, 0.2) is 11.5 Å². The van der Waals surface area contributed by atoms with Crippen LogP contribution in [0.5, 0.6) is 0 Å². The summed E-state index contributed by atoms with van der Waals surface area (Å²) in [6.45, 7) is 7.94. The highest BCUT2D eigenvalue weighted by Gasteiger charge is 2.40. The fourth-order valence-electron chi connectivity index (χ4n) is 2.26. The normalized spacial score (nSPS) is 12.0. The van der Waals surface area contributed by atoms with Crippen LogP contribution < -0.4 is 5.32 Å². The first-order chi connectivity index (χ1) is 12.3. The number of anilines is 1. The summed E-state index contributed by atoms with van der Waals surface area (Å²) in [6, 6.07) is 1.24. The van der Waals surface area contributed by atoms with Crippen molar-refractivity contribution < 1.29 is 31.5 Å². The van der Waals surface area contributed by atoms with Gasteiger partial charge in [0.1, 0.15) is 17.1 Å². The molecule has 10 heteroatoms. The third-order valence-electron chi connectivity index (χ3n) is 3.16. The number of carbonyl (C=O) groups is 1. The number of rotatable bonds is 3. The van der Waals surface area contributed by atoms with Gasteiger partial charge < -0.3 is 4.74 Å². The molecule has 2 rings (SSSR count). The van der Waals surface area contributed by atoms with Gasteiger partial charge in [-0.3, -0.25) is 5.32 Å². The van der Waals surface area contributed by atoms with Gasteiger partial charge in [0.25, 0.3) is 0 Å². The fourth-order valence-corrected chi connectivity index (χ4v) is 2.26. The number of halogens is 5. The van der Waals surface area contributed by atoms with Crippen molar-refractivity contribution in [2.75, 3.05) is 5.32 Å². The number of hydrogen-bond acceptors (Lipinski definition) is 3. The molecule has 1 aromatic heterocycles. The van der Waals surface area contributed by atoms with Crippen molar-refractivity contribution in [3.8, 4) is 5.69 Å². The molecule has 146 valence electrons. The minimum absolute atomic E-state index is 0.235. The maximum atomic E-state index is 14.2. The average molecular weight is 389 g/mol. The summed E-state index contributed by atoms with van der Waals surface area (Å²) in [5.74, 6) is -2.26. The van der Waals surface area contributed by atoms with Crippen LogP contribution in [0.4, 0.5) is 32.4 Å². The number of alkyl halides is 3. The third-order valence-corrected chi connectivity index (χ3v) is 3.16. The molecule has 0 saturated heterocycles. The molecule has 0 fully saturated rings. The van der Waals surface area contributed by atoms with E-state index in [-0.39, 0.29) is 10.2 Å². The zero-order valence-corrected chi connectivity index (χ0v) is 14.6. The first kappa shape index (κ1) is 20.4. The molecule has 0 atom stereocenters. The molecule has 2 aromatic rings. The van der Waals surface area contributed by atoms with Gasteiger partial charge in [-0.1, -0.05) is 12.7 Å². The summed E-state index contributed by atoms with van der Waals surface area (Å²) < 4.78 is 73.5. The Balaban J connectivity index is 2.60. The lowest BCUT2D eigenvalue weighted by atomic mass is 10.1. The molecule has 5 nitrogen and oxygen atoms in total. The highest BCUT2D eigenvalue weighted by atomic mass is 19.4. The molecular weight excluding hydrogens is 373 g/mol. The maximum Gasteiger partial charge on any atom is 0.435 e. The van der Waals surface area contributed by atoms with Crippen LogP contribution in [0.15, 0.2) is 24.9 Å². The van der Waals surface area contributed by atoms with Crippen LogP contribution in [-0.4, -0.2) is 21.5 Å². The molecule has 0 aliphatic rings. The number of hydrogen-bond donors (Lipinski definition) is 1. The molecule has 0 bridgehead atoms. The van der Waals surface area contributed by atoms with E-state index in [0.29, 0.717) is 12.3 Å². The highest BCUT2D eigenvalue weighted by molar-refractivity contribution is 5.85. The van der Waals surface area contributed by atoms with Gasteiger partial charge in [0.05, 0.1) is 11.9 Å². The van der Waals surface area contributed by atoms with E-state index in [1.165, 1.54) is 20.8 Å². The molecule has 0 aliphatic carbocycles. The van der Waals surface area contributed by atoms with Crippen molar-refractivity contribution in [2.24, 2.45) is 0 Å². The van der Waals surface area contributed by atoms with Crippen molar-refractivity contribution in [1.29, 1.82) is 0 Å². The summed E-state index contributed by atoms with van der Waals surface area (Å²) in [4.78, 5) is 11.8. The van der Waals surface area contributed by atoms with E-state index in [1.807, 2.05) is 5.32 Å². The minimum Gasteiger partial charge on any atom is -0.444 e. The Morgan fingerprint density at radius 2 is 1.89 bits per heavy atom. The monoisotopic (exact) mass is 389 g/mol. The largest absolute Gasteiger partial charge is 0.444 e. The van der Waals surface area contributed by atoms with E-state index >= 15 is 0 Å². The molecule has 1 amide bonds. The standard InChI is InChI=1S/C17H16F5N3O2/c1-5-9-6-10(18)7-11(19)13(9)25-14(17(20,21)22)12(8-23-25)24-15(26)27-16(2,3)4/h5-8H,1H2,2-4H3,(H,24,26). The van der Waals surface area contributed by atoms with Gasteiger partial charge in [-0.2, -0.15) is 18.3 Å². The number of amides is 1. The zero-order chi connectivity index (χ0) is 20.6. The number of aromatic nitrogens is 2. The maximum absolute atomic E-state index is 14.2. The van der Waals surface area contributed by atoms with Crippen LogP contribution in [0.2, 0.25) is 0 Å². The van der Waals surface area contributed by atoms with Gasteiger partial charge in [-0.25, -0.2) is 18.3 Å². The van der Waals surface area contributed by atoms with Gasteiger partial charge in [-0.15, -0.1) is 0 Å². The number of nitrogens with one attached hydrogen (secondary N) is 1. The molecule has 1 heterocycles. The van der Waals surface area contributed by atoms with E-state index in [9.17, 15) is 26.7 Å². The first-order valence-corrected chi connectivity index (χ1v) is 7.60. The quantitative estimate of drug-likeness (QED) is 0.738. The molecule has 27 heavy (non-hydrogen) atoms. The predicted molar refractivity (Wildman–Crippen MR) is 88.4 cm³/mol. The van der Waals surface area contributed by atoms with Gasteiger partial charge in [0, 0.05) is 11.6 Å². The van der Waals surface area contributed by atoms with Crippen LogP contribution in [-0.2, 0) is 10.9 Å². The van der Waals surface area contributed by atoms with Gasteiger partial charge in [-0.05, 0) is 26.8 Å². The molecule has 0 saturated carbocycles. The Labute approximate surface area is 151 Å². The minimum atomic E-state index is -5.01. The molecule has 0 unspecified atom stereocenters. The molecule has 1 N–H and O–H groups in total. The van der Waals surface area contributed by atoms with Crippen molar-refractivity contribution in [2.45, 2.75) is 32.5 Å². The lowest BCUT2D eigenvalue weighted by molar-refractivity contribution is -0.142. The SMILES string of the molecule is C=Cc1cc(F)cc(F)c1-n1ncc(NC(=O)OC(C)(C)C)c1C(F)(F)F. The second kappa shape index (κ2) is 7.01. The summed E-state index contributed by atoms with van der Waals surface area (Å²) in [5.41, 5.74) is -4.05. The van der Waals surface area contributed by atoms with E-state index in [1.54, 1.807) is 0 Å². The molecule has 0 spiro atoms. The lowest BCUT2D eigenvalue weighted by Crippen LogP contribution is -2.28.